The molecule has 0 saturated carbocycles. The van der Waals surface area contributed by atoms with Gasteiger partial charge in [0.05, 0.1) is 22.9 Å². The van der Waals surface area contributed by atoms with Crippen LogP contribution < -0.4 is 10.1 Å². The summed E-state index contributed by atoms with van der Waals surface area (Å²) in [6.07, 6.45) is -0.0416. The van der Waals surface area contributed by atoms with Gasteiger partial charge in [-0.2, -0.15) is 0 Å². The molecule has 2 aromatic rings. The Balaban J connectivity index is 1.80. The summed E-state index contributed by atoms with van der Waals surface area (Å²) in [5.74, 6) is 0.170. The molecule has 0 spiro atoms. The molecular formula is C22H27N3O3. The lowest BCUT2D eigenvalue weighted by atomic mass is 10.1. The standard InChI is InChI=1S/C22H27N3O3/c1-16(2)28-20-11-7-5-9-18(20)21(26)23-19-10-6-4-8-17(19)22(27)25-14-12-24(3)13-15-25/h4-11,16H,12-15H2,1-3H3,(H,23,26). The second-order valence-corrected chi connectivity index (χ2v) is 7.26. The number of hydrogen-bond donors (Lipinski definition) is 1. The van der Waals surface area contributed by atoms with Gasteiger partial charge in [0.15, 0.2) is 0 Å². The number of amides is 2. The molecule has 2 amide bonds. The van der Waals surface area contributed by atoms with Gasteiger partial charge < -0.3 is 19.9 Å². The van der Waals surface area contributed by atoms with Gasteiger partial charge >= 0.3 is 0 Å². The molecule has 148 valence electrons. The first-order valence-corrected chi connectivity index (χ1v) is 9.59. The molecule has 0 unspecified atom stereocenters. The molecule has 1 saturated heterocycles. The second kappa shape index (κ2) is 8.89. The van der Waals surface area contributed by atoms with Crippen LogP contribution in [0.2, 0.25) is 0 Å². The Bertz CT molecular complexity index is 842. The number of para-hydroxylation sites is 2. The van der Waals surface area contributed by atoms with Gasteiger partial charge in [0.2, 0.25) is 0 Å². The van der Waals surface area contributed by atoms with Crippen LogP contribution in [0, 0.1) is 0 Å². The molecule has 2 aromatic carbocycles. The molecule has 6 heteroatoms. The van der Waals surface area contributed by atoms with Crippen LogP contribution >= 0.6 is 0 Å². The number of hydrogen-bond acceptors (Lipinski definition) is 4. The molecule has 28 heavy (non-hydrogen) atoms. The first-order valence-electron chi connectivity index (χ1n) is 9.59. The van der Waals surface area contributed by atoms with Gasteiger partial charge in [-0.25, -0.2) is 0 Å². The summed E-state index contributed by atoms with van der Waals surface area (Å²) >= 11 is 0. The summed E-state index contributed by atoms with van der Waals surface area (Å²) < 4.78 is 5.75. The number of carbonyl (C=O) groups excluding carboxylic acids is 2. The lowest BCUT2D eigenvalue weighted by Gasteiger charge is -2.32. The van der Waals surface area contributed by atoms with E-state index in [1.807, 2.05) is 44.0 Å². The Hall–Kier alpha value is -2.86. The molecule has 0 aromatic heterocycles. The lowest BCUT2D eigenvalue weighted by Crippen LogP contribution is -2.47. The Morgan fingerprint density at radius 2 is 1.54 bits per heavy atom. The van der Waals surface area contributed by atoms with Crippen LogP contribution in [-0.2, 0) is 0 Å². The zero-order valence-corrected chi connectivity index (χ0v) is 16.6. The molecule has 0 aliphatic carbocycles. The highest BCUT2D eigenvalue weighted by Gasteiger charge is 2.23. The van der Waals surface area contributed by atoms with Crippen LogP contribution in [0.4, 0.5) is 5.69 Å². The van der Waals surface area contributed by atoms with Gasteiger partial charge in [0, 0.05) is 26.2 Å². The number of anilines is 1. The highest BCUT2D eigenvalue weighted by Crippen LogP contribution is 2.23. The first-order chi connectivity index (χ1) is 13.5. The number of piperazine rings is 1. The largest absolute Gasteiger partial charge is 0.490 e. The van der Waals surface area contributed by atoms with E-state index in [0.717, 1.165) is 13.1 Å². The van der Waals surface area contributed by atoms with Gasteiger partial charge in [-0.15, -0.1) is 0 Å². The molecule has 6 nitrogen and oxygen atoms in total. The fraction of sp³-hybridized carbons (Fsp3) is 0.364. The van der Waals surface area contributed by atoms with Crippen molar-refractivity contribution in [2.45, 2.75) is 20.0 Å². The Morgan fingerprint density at radius 3 is 2.21 bits per heavy atom. The number of nitrogens with zero attached hydrogens (tertiary/aromatic N) is 2. The van der Waals surface area contributed by atoms with Crippen molar-refractivity contribution < 1.29 is 14.3 Å². The van der Waals surface area contributed by atoms with Crippen molar-refractivity contribution in [1.82, 2.24) is 9.80 Å². The van der Waals surface area contributed by atoms with Crippen molar-refractivity contribution in [1.29, 1.82) is 0 Å². The molecule has 1 heterocycles. The maximum absolute atomic E-state index is 13.0. The minimum Gasteiger partial charge on any atom is -0.490 e. The van der Waals surface area contributed by atoms with Gasteiger partial charge in [-0.1, -0.05) is 24.3 Å². The molecule has 0 bridgehead atoms. The molecule has 3 rings (SSSR count). The third-order valence-electron chi connectivity index (χ3n) is 4.69. The summed E-state index contributed by atoms with van der Waals surface area (Å²) in [5.41, 5.74) is 1.46. The van der Waals surface area contributed by atoms with E-state index in [4.69, 9.17) is 4.74 Å². The summed E-state index contributed by atoms with van der Waals surface area (Å²) in [6.45, 7) is 6.89. The maximum atomic E-state index is 13.0. The quantitative estimate of drug-likeness (QED) is 0.864. The summed E-state index contributed by atoms with van der Waals surface area (Å²) in [7, 11) is 2.05. The van der Waals surface area contributed by atoms with Crippen LogP contribution in [0.5, 0.6) is 5.75 Å². The Morgan fingerprint density at radius 1 is 0.929 bits per heavy atom. The van der Waals surface area contributed by atoms with Gasteiger partial charge in [-0.3, -0.25) is 9.59 Å². The SMILES string of the molecule is CC(C)Oc1ccccc1C(=O)Nc1ccccc1C(=O)N1CCN(C)CC1. The molecule has 0 atom stereocenters. The van der Waals surface area contributed by atoms with Crippen LogP contribution in [-0.4, -0.2) is 60.9 Å². The van der Waals surface area contributed by atoms with Gasteiger partial charge in [0.25, 0.3) is 11.8 Å². The lowest BCUT2D eigenvalue weighted by molar-refractivity contribution is 0.0665. The zero-order valence-electron chi connectivity index (χ0n) is 16.6. The highest BCUT2D eigenvalue weighted by molar-refractivity contribution is 6.10. The molecular weight excluding hydrogens is 354 g/mol. The van der Waals surface area contributed by atoms with Gasteiger partial charge in [-0.05, 0) is 45.2 Å². The number of benzene rings is 2. The van der Waals surface area contributed by atoms with E-state index < -0.39 is 0 Å². The smallest absolute Gasteiger partial charge is 0.259 e. The van der Waals surface area contributed by atoms with E-state index in [1.165, 1.54) is 0 Å². The van der Waals surface area contributed by atoms with Gasteiger partial charge in [0.1, 0.15) is 5.75 Å². The van der Waals surface area contributed by atoms with Crippen LogP contribution in [0.1, 0.15) is 34.6 Å². The van der Waals surface area contributed by atoms with Crippen molar-refractivity contribution in [3.05, 3.63) is 59.7 Å². The Labute approximate surface area is 166 Å². The molecule has 1 N–H and O–H groups in total. The van der Waals surface area contributed by atoms with E-state index in [-0.39, 0.29) is 17.9 Å². The van der Waals surface area contributed by atoms with E-state index in [0.29, 0.717) is 35.7 Å². The van der Waals surface area contributed by atoms with Crippen molar-refractivity contribution in [2.24, 2.45) is 0 Å². The molecule has 1 fully saturated rings. The zero-order chi connectivity index (χ0) is 20.1. The topological polar surface area (TPSA) is 61.9 Å². The van der Waals surface area contributed by atoms with E-state index >= 15 is 0 Å². The molecule has 0 radical (unpaired) electrons. The van der Waals surface area contributed by atoms with E-state index in [1.54, 1.807) is 30.3 Å². The van der Waals surface area contributed by atoms with Crippen molar-refractivity contribution in [3.8, 4) is 5.75 Å². The monoisotopic (exact) mass is 381 g/mol. The number of ether oxygens (including phenoxy) is 1. The van der Waals surface area contributed by atoms with E-state index in [9.17, 15) is 9.59 Å². The first kappa shape index (κ1) is 19.9. The highest BCUT2D eigenvalue weighted by atomic mass is 16.5. The van der Waals surface area contributed by atoms with Crippen LogP contribution in [0.3, 0.4) is 0 Å². The van der Waals surface area contributed by atoms with Crippen molar-refractivity contribution in [3.63, 3.8) is 0 Å². The maximum Gasteiger partial charge on any atom is 0.259 e. The number of likely N-dealkylation sites (N-methyl/N-ethyl adjacent to an activating group) is 1. The third kappa shape index (κ3) is 4.70. The summed E-state index contributed by atoms with van der Waals surface area (Å²) in [6, 6.07) is 14.3. The number of carbonyl (C=O) groups is 2. The fourth-order valence-electron chi connectivity index (χ4n) is 3.16. The molecule has 1 aliphatic rings. The normalized spacial score (nSPS) is 14.8. The van der Waals surface area contributed by atoms with Crippen LogP contribution in [0.25, 0.3) is 0 Å². The van der Waals surface area contributed by atoms with Crippen LogP contribution in [0.15, 0.2) is 48.5 Å². The van der Waals surface area contributed by atoms with Crippen molar-refractivity contribution >= 4 is 17.5 Å². The second-order valence-electron chi connectivity index (χ2n) is 7.26. The minimum absolute atomic E-state index is 0.0416. The third-order valence-corrected chi connectivity index (χ3v) is 4.69. The molecule has 1 aliphatic heterocycles. The fourth-order valence-corrected chi connectivity index (χ4v) is 3.16. The number of nitrogens with one attached hydrogen (secondary N) is 1. The average molecular weight is 381 g/mol. The Kier molecular flexibility index (Phi) is 6.31. The predicted octanol–water partition coefficient (Wildman–Crippen LogP) is 3.11. The number of rotatable bonds is 5. The van der Waals surface area contributed by atoms with E-state index in [2.05, 4.69) is 10.2 Å². The van der Waals surface area contributed by atoms with Crippen molar-refractivity contribution in [2.75, 3.05) is 38.5 Å². The minimum atomic E-state index is -0.296. The summed E-state index contributed by atoms with van der Waals surface area (Å²) in [4.78, 5) is 29.9. The predicted molar refractivity (Wildman–Crippen MR) is 110 cm³/mol. The summed E-state index contributed by atoms with van der Waals surface area (Å²) in [5, 5.41) is 2.89. The average Bonchev–Trinajstić information content (AvgIpc) is 2.68.